The van der Waals surface area contributed by atoms with Crippen molar-refractivity contribution in [3.05, 3.63) is 59.2 Å². The van der Waals surface area contributed by atoms with Gasteiger partial charge in [0.05, 0.1) is 0 Å². The minimum atomic E-state index is 0.658. The molecule has 2 N–H and O–H groups in total. The third-order valence-corrected chi connectivity index (χ3v) is 4.84. The lowest BCUT2D eigenvalue weighted by molar-refractivity contribution is 0.578. The molecule has 0 radical (unpaired) electrons. The van der Waals surface area contributed by atoms with Crippen molar-refractivity contribution in [3.63, 3.8) is 0 Å². The molecule has 0 spiro atoms. The second-order valence-corrected chi connectivity index (χ2v) is 7.31. The summed E-state index contributed by atoms with van der Waals surface area (Å²) in [6.45, 7) is 7.29. The van der Waals surface area contributed by atoms with Crippen LogP contribution in [0.15, 0.2) is 42.5 Å². The topological polar surface area (TPSA) is 27.3 Å². The van der Waals surface area contributed by atoms with Gasteiger partial charge in [0.1, 0.15) is 0 Å². The Bertz CT molecular complexity index is 698. The molecule has 0 aliphatic carbocycles. The van der Waals surface area contributed by atoms with E-state index < -0.39 is 0 Å². The molecule has 1 aliphatic heterocycles. The third kappa shape index (κ3) is 5.20. The van der Waals surface area contributed by atoms with E-state index in [-0.39, 0.29) is 0 Å². The van der Waals surface area contributed by atoms with Crippen LogP contribution in [0.25, 0.3) is 0 Å². The maximum absolute atomic E-state index is 5.42. The summed E-state index contributed by atoms with van der Waals surface area (Å²) in [4.78, 5) is 2.48. The predicted octanol–water partition coefficient (Wildman–Crippen LogP) is 4.78. The summed E-state index contributed by atoms with van der Waals surface area (Å²) in [5.41, 5.74) is 6.08. The van der Waals surface area contributed by atoms with Crippen LogP contribution in [0, 0.1) is 13.8 Å². The van der Waals surface area contributed by atoms with E-state index in [9.17, 15) is 0 Å². The fourth-order valence-electron chi connectivity index (χ4n) is 3.38. The fraction of sp³-hybridized carbons (Fsp3) is 0.381. The molecule has 3 nitrogen and oxygen atoms in total. The summed E-state index contributed by atoms with van der Waals surface area (Å²) in [6, 6.07) is 15.2. The lowest BCUT2D eigenvalue weighted by Crippen LogP contribution is -2.29. The predicted molar refractivity (Wildman–Crippen MR) is 111 cm³/mol. The van der Waals surface area contributed by atoms with Gasteiger partial charge >= 0.3 is 0 Å². The molecular weight excluding hydrogens is 326 g/mol. The van der Waals surface area contributed by atoms with Gasteiger partial charge in [0, 0.05) is 31.0 Å². The highest BCUT2D eigenvalue weighted by Crippen LogP contribution is 2.20. The maximum atomic E-state index is 5.42. The Kier molecular flexibility index (Phi) is 5.92. The van der Waals surface area contributed by atoms with Crippen LogP contribution in [-0.4, -0.2) is 18.2 Å². The molecule has 0 atom stereocenters. The first-order valence-corrected chi connectivity index (χ1v) is 9.48. The van der Waals surface area contributed by atoms with Gasteiger partial charge in [0.2, 0.25) is 0 Å². The van der Waals surface area contributed by atoms with Gasteiger partial charge < -0.3 is 15.5 Å². The Balaban J connectivity index is 1.51. The summed E-state index contributed by atoms with van der Waals surface area (Å²) in [6.07, 6.45) is 3.98. The number of benzene rings is 2. The Morgan fingerprint density at radius 2 is 1.60 bits per heavy atom. The minimum Gasteiger partial charge on any atom is -0.372 e. The van der Waals surface area contributed by atoms with Crippen molar-refractivity contribution in [3.8, 4) is 0 Å². The van der Waals surface area contributed by atoms with Crippen LogP contribution in [0.3, 0.4) is 0 Å². The van der Waals surface area contributed by atoms with Gasteiger partial charge in [-0.05, 0) is 86.3 Å². The Morgan fingerprint density at radius 3 is 2.24 bits per heavy atom. The lowest BCUT2D eigenvalue weighted by atomic mass is 10.1. The zero-order chi connectivity index (χ0) is 17.6. The summed E-state index contributed by atoms with van der Waals surface area (Å²) < 4.78 is 0. The molecule has 4 heteroatoms. The number of anilines is 2. The summed E-state index contributed by atoms with van der Waals surface area (Å²) in [5.74, 6) is 0. The molecule has 0 unspecified atom stereocenters. The van der Waals surface area contributed by atoms with E-state index in [0.29, 0.717) is 5.11 Å². The number of piperidine rings is 1. The smallest absolute Gasteiger partial charge is 0.171 e. The lowest BCUT2D eigenvalue weighted by Gasteiger charge is -2.28. The Labute approximate surface area is 156 Å². The van der Waals surface area contributed by atoms with Crippen molar-refractivity contribution < 1.29 is 0 Å². The van der Waals surface area contributed by atoms with Gasteiger partial charge in [0.15, 0.2) is 5.11 Å². The molecule has 25 heavy (non-hydrogen) atoms. The SMILES string of the molecule is Cc1cc(C)cc(NC(=S)NCc2ccc(N3CCCCC3)cc2)c1. The van der Waals surface area contributed by atoms with E-state index in [1.807, 2.05) is 0 Å². The molecule has 1 aliphatic rings. The zero-order valence-corrected chi connectivity index (χ0v) is 16.0. The van der Waals surface area contributed by atoms with Crippen molar-refractivity contribution in [1.29, 1.82) is 0 Å². The molecule has 132 valence electrons. The van der Waals surface area contributed by atoms with Crippen LogP contribution >= 0.6 is 12.2 Å². The van der Waals surface area contributed by atoms with Gasteiger partial charge in [-0.25, -0.2) is 0 Å². The number of thiocarbonyl (C=S) groups is 1. The number of aryl methyl sites for hydroxylation is 2. The van der Waals surface area contributed by atoms with Crippen LogP contribution < -0.4 is 15.5 Å². The van der Waals surface area contributed by atoms with E-state index in [1.54, 1.807) is 0 Å². The molecule has 1 heterocycles. The molecule has 3 rings (SSSR count). The van der Waals surface area contributed by atoms with E-state index in [1.165, 1.54) is 54.7 Å². The maximum Gasteiger partial charge on any atom is 0.171 e. The van der Waals surface area contributed by atoms with Crippen LogP contribution in [0.5, 0.6) is 0 Å². The number of nitrogens with zero attached hydrogens (tertiary/aromatic N) is 1. The monoisotopic (exact) mass is 353 g/mol. The van der Waals surface area contributed by atoms with E-state index >= 15 is 0 Å². The number of hydrogen-bond acceptors (Lipinski definition) is 2. The van der Waals surface area contributed by atoms with E-state index in [0.717, 1.165) is 12.2 Å². The van der Waals surface area contributed by atoms with Crippen molar-refractivity contribution in [2.75, 3.05) is 23.3 Å². The second-order valence-electron chi connectivity index (χ2n) is 6.90. The highest BCUT2D eigenvalue weighted by Gasteiger charge is 2.10. The number of nitrogens with one attached hydrogen (secondary N) is 2. The Morgan fingerprint density at radius 1 is 0.960 bits per heavy atom. The quantitative estimate of drug-likeness (QED) is 0.774. The molecule has 2 aromatic rings. The van der Waals surface area contributed by atoms with Gasteiger partial charge in [-0.2, -0.15) is 0 Å². The summed E-state index contributed by atoms with van der Waals surface area (Å²) in [5, 5.41) is 7.22. The molecule has 1 saturated heterocycles. The van der Waals surface area contributed by atoms with Crippen LogP contribution in [0.1, 0.15) is 36.0 Å². The van der Waals surface area contributed by atoms with Gasteiger partial charge in [-0.1, -0.05) is 18.2 Å². The average molecular weight is 354 g/mol. The largest absolute Gasteiger partial charge is 0.372 e. The van der Waals surface area contributed by atoms with E-state index in [4.69, 9.17) is 12.2 Å². The van der Waals surface area contributed by atoms with Crippen molar-refractivity contribution in [2.24, 2.45) is 0 Å². The molecule has 0 aromatic heterocycles. The van der Waals surface area contributed by atoms with Crippen molar-refractivity contribution >= 4 is 28.7 Å². The molecule has 2 aromatic carbocycles. The first kappa shape index (κ1) is 17.7. The molecule has 0 bridgehead atoms. The fourth-order valence-corrected chi connectivity index (χ4v) is 3.57. The van der Waals surface area contributed by atoms with Crippen molar-refractivity contribution in [2.45, 2.75) is 39.7 Å². The highest BCUT2D eigenvalue weighted by atomic mass is 32.1. The van der Waals surface area contributed by atoms with E-state index in [2.05, 4.69) is 71.8 Å². The number of hydrogen-bond donors (Lipinski definition) is 2. The summed E-state index contributed by atoms with van der Waals surface area (Å²) in [7, 11) is 0. The Hall–Kier alpha value is -2.07. The minimum absolute atomic E-state index is 0.658. The van der Waals surface area contributed by atoms with Crippen LogP contribution in [-0.2, 0) is 6.54 Å². The van der Waals surface area contributed by atoms with Crippen molar-refractivity contribution in [1.82, 2.24) is 5.32 Å². The average Bonchev–Trinajstić information content (AvgIpc) is 2.60. The first-order chi connectivity index (χ1) is 12.1. The van der Waals surface area contributed by atoms with Gasteiger partial charge in [-0.3, -0.25) is 0 Å². The zero-order valence-electron chi connectivity index (χ0n) is 15.1. The molecule has 1 fully saturated rings. The third-order valence-electron chi connectivity index (χ3n) is 4.59. The number of rotatable bonds is 4. The second kappa shape index (κ2) is 8.34. The molecular formula is C21H27N3S. The van der Waals surface area contributed by atoms with Gasteiger partial charge in [0.25, 0.3) is 0 Å². The highest BCUT2D eigenvalue weighted by molar-refractivity contribution is 7.80. The van der Waals surface area contributed by atoms with Gasteiger partial charge in [-0.15, -0.1) is 0 Å². The summed E-state index contributed by atoms with van der Waals surface area (Å²) >= 11 is 5.42. The molecule has 0 amide bonds. The standard InChI is InChI=1S/C21H27N3S/c1-16-12-17(2)14-19(13-16)23-21(25)22-15-18-6-8-20(9-7-18)24-10-4-3-5-11-24/h6-9,12-14H,3-5,10-11,15H2,1-2H3,(H2,22,23,25). The molecule has 0 saturated carbocycles. The van der Waals surface area contributed by atoms with Crippen LogP contribution in [0.4, 0.5) is 11.4 Å². The first-order valence-electron chi connectivity index (χ1n) is 9.07. The van der Waals surface area contributed by atoms with Crippen LogP contribution in [0.2, 0.25) is 0 Å². The normalized spacial score (nSPS) is 14.2.